The van der Waals surface area contributed by atoms with Gasteiger partial charge in [0.15, 0.2) is 0 Å². The van der Waals surface area contributed by atoms with Gasteiger partial charge in [-0.3, -0.25) is 0 Å². The minimum atomic E-state index is 0.308. The largest absolute Gasteiger partial charge is 0.497 e. The SMILES string of the molecule is COc1ccc(CNc2cc(-c3cccc(OC)c3)nc(OC)n2)cc1. The summed E-state index contributed by atoms with van der Waals surface area (Å²) in [6, 6.07) is 17.8. The summed E-state index contributed by atoms with van der Waals surface area (Å²) < 4.78 is 15.7. The number of nitrogens with zero attached hydrogens (tertiary/aromatic N) is 2. The maximum Gasteiger partial charge on any atom is 0.318 e. The van der Waals surface area contributed by atoms with Crippen molar-refractivity contribution in [2.24, 2.45) is 0 Å². The van der Waals surface area contributed by atoms with Crippen LogP contribution in [0.2, 0.25) is 0 Å². The molecular weight excluding hydrogens is 330 g/mol. The van der Waals surface area contributed by atoms with Crippen LogP contribution in [-0.4, -0.2) is 31.3 Å². The topological polar surface area (TPSA) is 65.5 Å². The van der Waals surface area contributed by atoms with Crippen LogP contribution in [0.5, 0.6) is 17.5 Å². The molecule has 0 aliphatic heterocycles. The van der Waals surface area contributed by atoms with Crippen LogP contribution in [0, 0.1) is 0 Å². The van der Waals surface area contributed by atoms with Gasteiger partial charge in [-0.15, -0.1) is 0 Å². The first kappa shape index (κ1) is 17.5. The van der Waals surface area contributed by atoms with Crippen molar-refractivity contribution in [3.8, 4) is 28.8 Å². The van der Waals surface area contributed by atoms with E-state index >= 15 is 0 Å². The number of hydrogen-bond donors (Lipinski definition) is 1. The number of ether oxygens (including phenoxy) is 3. The Hall–Kier alpha value is -3.28. The van der Waals surface area contributed by atoms with Crippen LogP contribution in [0.4, 0.5) is 5.82 Å². The molecule has 6 heteroatoms. The van der Waals surface area contributed by atoms with Gasteiger partial charge in [-0.2, -0.15) is 9.97 Å². The zero-order valence-corrected chi connectivity index (χ0v) is 15.0. The van der Waals surface area contributed by atoms with Crippen LogP contribution in [0.3, 0.4) is 0 Å². The van der Waals surface area contributed by atoms with Gasteiger partial charge >= 0.3 is 6.01 Å². The molecule has 1 N–H and O–H groups in total. The van der Waals surface area contributed by atoms with Gasteiger partial charge in [0.25, 0.3) is 0 Å². The summed E-state index contributed by atoms with van der Waals surface area (Å²) >= 11 is 0. The van der Waals surface area contributed by atoms with Gasteiger partial charge in [0.2, 0.25) is 0 Å². The third kappa shape index (κ3) is 4.22. The number of hydrogen-bond acceptors (Lipinski definition) is 6. The van der Waals surface area contributed by atoms with Crippen molar-refractivity contribution in [2.75, 3.05) is 26.6 Å². The molecule has 134 valence electrons. The smallest absolute Gasteiger partial charge is 0.318 e. The van der Waals surface area contributed by atoms with Crippen molar-refractivity contribution in [1.29, 1.82) is 0 Å². The number of nitrogens with one attached hydrogen (secondary N) is 1. The molecule has 0 aliphatic rings. The van der Waals surface area contributed by atoms with Crippen molar-refractivity contribution in [3.05, 3.63) is 60.2 Å². The van der Waals surface area contributed by atoms with Crippen molar-refractivity contribution in [3.63, 3.8) is 0 Å². The van der Waals surface area contributed by atoms with E-state index in [1.165, 1.54) is 0 Å². The third-order valence-corrected chi connectivity index (χ3v) is 3.89. The molecule has 0 bridgehead atoms. The van der Waals surface area contributed by atoms with E-state index in [2.05, 4.69) is 15.3 Å². The number of benzene rings is 2. The minimum Gasteiger partial charge on any atom is -0.497 e. The normalized spacial score (nSPS) is 10.3. The van der Waals surface area contributed by atoms with Gasteiger partial charge < -0.3 is 19.5 Å². The zero-order chi connectivity index (χ0) is 18.4. The van der Waals surface area contributed by atoms with Crippen molar-refractivity contribution < 1.29 is 14.2 Å². The highest BCUT2D eigenvalue weighted by Gasteiger charge is 2.08. The summed E-state index contributed by atoms with van der Waals surface area (Å²) in [5.74, 6) is 2.29. The van der Waals surface area contributed by atoms with Crippen LogP contribution < -0.4 is 19.5 Å². The highest BCUT2D eigenvalue weighted by Crippen LogP contribution is 2.25. The fourth-order valence-corrected chi connectivity index (χ4v) is 2.47. The second kappa shape index (κ2) is 8.20. The lowest BCUT2D eigenvalue weighted by molar-refractivity contribution is 0.381. The molecule has 1 heterocycles. The average Bonchev–Trinajstić information content (AvgIpc) is 2.72. The van der Waals surface area contributed by atoms with Crippen molar-refractivity contribution in [2.45, 2.75) is 6.54 Å². The van der Waals surface area contributed by atoms with E-state index < -0.39 is 0 Å². The van der Waals surface area contributed by atoms with Gasteiger partial charge in [0.1, 0.15) is 17.3 Å². The van der Waals surface area contributed by atoms with Crippen LogP contribution in [0.25, 0.3) is 11.3 Å². The van der Waals surface area contributed by atoms with E-state index in [4.69, 9.17) is 14.2 Å². The second-order valence-corrected chi connectivity index (χ2v) is 5.56. The Morgan fingerprint density at radius 1 is 0.808 bits per heavy atom. The Labute approximate surface area is 152 Å². The minimum absolute atomic E-state index is 0.308. The van der Waals surface area contributed by atoms with E-state index in [-0.39, 0.29) is 0 Å². The lowest BCUT2D eigenvalue weighted by atomic mass is 10.1. The molecule has 0 fully saturated rings. The van der Waals surface area contributed by atoms with Crippen LogP contribution >= 0.6 is 0 Å². The zero-order valence-electron chi connectivity index (χ0n) is 15.0. The molecule has 0 saturated heterocycles. The van der Waals surface area contributed by atoms with E-state index in [1.54, 1.807) is 21.3 Å². The standard InChI is InChI=1S/C20H21N3O3/c1-24-16-9-7-14(8-10-16)13-21-19-12-18(22-20(23-19)26-3)15-5-4-6-17(11-15)25-2/h4-12H,13H2,1-3H3,(H,21,22,23). The molecule has 26 heavy (non-hydrogen) atoms. The van der Waals surface area contributed by atoms with Crippen LogP contribution in [-0.2, 0) is 6.54 Å². The number of methoxy groups -OCH3 is 3. The Kier molecular flexibility index (Phi) is 5.53. The van der Waals surface area contributed by atoms with Gasteiger partial charge in [-0.05, 0) is 29.8 Å². The van der Waals surface area contributed by atoms with Gasteiger partial charge in [0.05, 0.1) is 27.0 Å². The van der Waals surface area contributed by atoms with Gasteiger partial charge in [-0.25, -0.2) is 0 Å². The fraction of sp³-hybridized carbons (Fsp3) is 0.200. The highest BCUT2D eigenvalue weighted by atomic mass is 16.5. The first-order chi connectivity index (χ1) is 12.7. The lowest BCUT2D eigenvalue weighted by Crippen LogP contribution is -2.04. The van der Waals surface area contributed by atoms with E-state index in [9.17, 15) is 0 Å². The average molecular weight is 351 g/mol. The Balaban J connectivity index is 1.82. The summed E-state index contributed by atoms with van der Waals surface area (Å²) in [5.41, 5.74) is 2.80. The van der Waals surface area contributed by atoms with Crippen LogP contribution in [0.15, 0.2) is 54.6 Å². The molecule has 0 atom stereocenters. The number of rotatable bonds is 7. The molecule has 6 nitrogen and oxygen atoms in total. The summed E-state index contributed by atoms with van der Waals surface area (Å²) in [7, 11) is 4.85. The number of aromatic nitrogens is 2. The molecule has 0 aliphatic carbocycles. The summed E-state index contributed by atoms with van der Waals surface area (Å²) in [4.78, 5) is 8.80. The molecule has 0 unspecified atom stereocenters. The molecule has 1 aromatic heterocycles. The molecule has 0 saturated carbocycles. The maximum absolute atomic E-state index is 5.29. The van der Waals surface area contributed by atoms with E-state index in [1.807, 2.05) is 54.6 Å². The predicted octanol–water partition coefficient (Wildman–Crippen LogP) is 3.78. The Morgan fingerprint density at radius 2 is 1.58 bits per heavy atom. The van der Waals surface area contributed by atoms with E-state index in [0.29, 0.717) is 18.4 Å². The second-order valence-electron chi connectivity index (χ2n) is 5.56. The molecule has 0 radical (unpaired) electrons. The first-order valence-corrected chi connectivity index (χ1v) is 8.16. The Bertz CT molecular complexity index is 866. The fourth-order valence-electron chi connectivity index (χ4n) is 2.47. The number of anilines is 1. The highest BCUT2D eigenvalue weighted by molar-refractivity contribution is 5.64. The summed E-state index contributed by atoms with van der Waals surface area (Å²) in [6.45, 7) is 0.627. The quantitative estimate of drug-likeness (QED) is 0.699. The molecule has 3 aromatic rings. The van der Waals surface area contributed by atoms with E-state index in [0.717, 1.165) is 28.3 Å². The molecule has 3 rings (SSSR count). The summed E-state index contributed by atoms with van der Waals surface area (Å²) in [6.07, 6.45) is 0. The lowest BCUT2D eigenvalue weighted by Gasteiger charge is -2.10. The predicted molar refractivity (Wildman–Crippen MR) is 101 cm³/mol. The molecule has 2 aromatic carbocycles. The molecule has 0 spiro atoms. The maximum atomic E-state index is 5.29. The molecule has 0 amide bonds. The third-order valence-electron chi connectivity index (χ3n) is 3.89. The summed E-state index contributed by atoms with van der Waals surface area (Å²) in [5, 5.41) is 3.31. The first-order valence-electron chi connectivity index (χ1n) is 8.16. The van der Waals surface area contributed by atoms with Crippen molar-refractivity contribution >= 4 is 5.82 Å². The Morgan fingerprint density at radius 3 is 2.27 bits per heavy atom. The monoisotopic (exact) mass is 351 g/mol. The molecular formula is C20H21N3O3. The van der Waals surface area contributed by atoms with Gasteiger partial charge in [-0.1, -0.05) is 24.3 Å². The van der Waals surface area contributed by atoms with Crippen molar-refractivity contribution in [1.82, 2.24) is 9.97 Å². The van der Waals surface area contributed by atoms with Gasteiger partial charge in [0, 0.05) is 18.2 Å². The van der Waals surface area contributed by atoms with Crippen LogP contribution in [0.1, 0.15) is 5.56 Å².